The molecular formula is C22H15BrN6O2. The number of methoxy groups -OCH3 is 1. The van der Waals surface area contributed by atoms with Crippen LogP contribution in [0, 0.1) is 0 Å². The number of hydrogen-bond acceptors (Lipinski definition) is 7. The maximum absolute atomic E-state index is 12.3. The zero-order chi connectivity index (χ0) is 21.4. The van der Waals surface area contributed by atoms with Gasteiger partial charge in [-0.25, -0.2) is 15.0 Å². The topological polar surface area (TPSA) is 94.3 Å². The van der Waals surface area contributed by atoms with Crippen molar-refractivity contribution in [3.8, 4) is 17.1 Å². The highest BCUT2D eigenvalue weighted by atomic mass is 79.9. The highest BCUT2D eigenvalue weighted by Crippen LogP contribution is 2.29. The van der Waals surface area contributed by atoms with Crippen LogP contribution in [0.5, 0.6) is 5.75 Å². The number of para-hydroxylation sites is 1. The fraction of sp³-hybridized carbons (Fsp3) is 0.0455. The summed E-state index contributed by atoms with van der Waals surface area (Å²) in [7, 11) is 1.62. The van der Waals surface area contributed by atoms with Crippen molar-refractivity contribution in [2.45, 2.75) is 0 Å². The minimum absolute atomic E-state index is 0.284. The smallest absolute Gasteiger partial charge is 0.293 e. The third kappa shape index (κ3) is 3.49. The molecule has 0 saturated heterocycles. The zero-order valence-corrected chi connectivity index (χ0v) is 17.9. The van der Waals surface area contributed by atoms with E-state index in [0.717, 1.165) is 21.2 Å². The summed E-state index contributed by atoms with van der Waals surface area (Å²) in [5.41, 5.74) is 2.03. The molecule has 0 amide bonds. The molecule has 5 rings (SSSR count). The number of hydrogen-bond donors (Lipinski definition) is 1. The van der Waals surface area contributed by atoms with Gasteiger partial charge in [-0.05, 0) is 64.5 Å². The van der Waals surface area contributed by atoms with E-state index < -0.39 is 5.56 Å². The van der Waals surface area contributed by atoms with Gasteiger partial charge in [-0.2, -0.15) is 4.52 Å². The van der Waals surface area contributed by atoms with Crippen LogP contribution in [-0.4, -0.2) is 31.7 Å². The lowest BCUT2D eigenvalue weighted by Crippen LogP contribution is -2.11. The number of halogens is 1. The van der Waals surface area contributed by atoms with E-state index in [1.54, 1.807) is 29.8 Å². The molecule has 9 heteroatoms. The van der Waals surface area contributed by atoms with Gasteiger partial charge in [0, 0.05) is 21.6 Å². The lowest BCUT2D eigenvalue weighted by atomic mass is 10.2. The number of nitrogens with one attached hydrogen (secondary N) is 1. The summed E-state index contributed by atoms with van der Waals surface area (Å²) >= 11 is 3.56. The fourth-order valence-corrected chi connectivity index (χ4v) is 3.66. The molecule has 0 unspecified atom stereocenters. The second-order valence-corrected chi connectivity index (χ2v) is 7.50. The molecular weight excluding hydrogens is 460 g/mol. The van der Waals surface area contributed by atoms with E-state index in [1.165, 1.54) is 6.20 Å². The highest BCUT2D eigenvalue weighted by Gasteiger charge is 2.16. The summed E-state index contributed by atoms with van der Waals surface area (Å²) in [6, 6.07) is 18.3. The number of rotatable bonds is 4. The number of fused-ring (bicyclic) bond motifs is 3. The summed E-state index contributed by atoms with van der Waals surface area (Å²) in [6.45, 7) is 0. The van der Waals surface area contributed by atoms with Crippen molar-refractivity contribution in [3.05, 3.63) is 81.7 Å². The van der Waals surface area contributed by atoms with Gasteiger partial charge in [0.25, 0.3) is 5.56 Å². The fourth-order valence-electron chi connectivity index (χ4n) is 3.21. The quantitative estimate of drug-likeness (QED) is 0.416. The number of anilines is 2. The van der Waals surface area contributed by atoms with E-state index in [4.69, 9.17) is 14.7 Å². The van der Waals surface area contributed by atoms with E-state index in [9.17, 15) is 4.79 Å². The predicted molar refractivity (Wildman–Crippen MR) is 122 cm³/mol. The Morgan fingerprint density at radius 3 is 2.65 bits per heavy atom. The Labute approximate surface area is 184 Å². The molecule has 0 atom stereocenters. The lowest BCUT2D eigenvalue weighted by molar-refractivity contribution is 0.415. The Kier molecular flexibility index (Phi) is 4.79. The Bertz CT molecular complexity index is 1480. The van der Waals surface area contributed by atoms with Crippen molar-refractivity contribution in [1.82, 2.24) is 24.6 Å². The number of benzene rings is 2. The van der Waals surface area contributed by atoms with E-state index in [1.807, 2.05) is 42.5 Å². The van der Waals surface area contributed by atoms with Gasteiger partial charge in [-0.3, -0.25) is 4.79 Å². The number of ether oxygens (including phenoxy) is 1. The van der Waals surface area contributed by atoms with Crippen molar-refractivity contribution in [3.63, 3.8) is 0 Å². The van der Waals surface area contributed by atoms with Crippen LogP contribution >= 0.6 is 15.9 Å². The molecule has 0 saturated carbocycles. The van der Waals surface area contributed by atoms with Crippen LogP contribution < -0.4 is 15.6 Å². The third-order valence-corrected chi connectivity index (χ3v) is 5.37. The minimum atomic E-state index is -0.400. The average Bonchev–Trinajstić information content (AvgIpc) is 3.15. The second-order valence-electron chi connectivity index (χ2n) is 6.64. The van der Waals surface area contributed by atoms with Crippen LogP contribution in [0.15, 0.2) is 76.1 Å². The molecule has 1 N–H and O–H groups in total. The third-order valence-electron chi connectivity index (χ3n) is 4.73. The summed E-state index contributed by atoms with van der Waals surface area (Å²) in [5, 5.41) is 8.56. The first kappa shape index (κ1) is 19.1. The van der Waals surface area contributed by atoms with Gasteiger partial charge >= 0.3 is 0 Å². The Morgan fingerprint density at radius 1 is 1.00 bits per heavy atom. The maximum atomic E-state index is 12.3. The molecule has 5 aromatic rings. The van der Waals surface area contributed by atoms with Crippen LogP contribution in [0.4, 0.5) is 11.6 Å². The Hall–Kier alpha value is -3.85. The van der Waals surface area contributed by atoms with Gasteiger partial charge in [0.05, 0.1) is 12.6 Å². The average molecular weight is 475 g/mol. The summed E-state index contributed by atoms with van der Waals surface area (Å²) in [5.74, 6) is 1.63. The van der Waals surface area contributed by atoms with Crippen LogP contribution in [0.2, 0.25) is 0 Å². The molecule has 2 aromatic carbocycles. The normalized spacial score (nSPS) is 11.0. The van der Waals surface area contributed by atoms with Gasteiger partial charge < -0.3 is 10.1 Å². The molecule has 0 aliphatic carbocycles. The van der Waals surface area contributed by atoms with Gasteiger partial charge in [-0.15, -0.1) is 5.10 Å². The Morgan fingerprint density at radius 2 is 1.84 bits per heavy atom. The molecule has 31 heavy (non-hydrogen) atoms. The zero-order valence-electron chi connectivity index (χ0n) is 16.3. The highest BCUT2D eigenvalue weighted by molar-refractivity contribution is 9.10. The standard InChI is InChI=1S/C22H15BrN6O2/c1-31-14-10-8-13(9-11-14)19-27-20-15-5-4-6-16(23)18(15)26-22(29(20)28-19)25-17-7-2-3-12-24-21(17)30/h2-12H,1H3,(H,24,25,26,30). The molecule has 152 valence electrons. The van der Waals surface area contributed by atoms with Crippen LogP contribution in [0.3, 0.4) is 0 Å². The number of aromatic nitrogens is 5. The molecule has 0 fully saturated rings. The van der Waals surface area contributed by atoms with E-state index in [2.05, 4.69) is 31.3 Å². The van der Waals surface area contributed by atoms with Crippen molar-refractivity contribution < 1.29 is 4.74 Å². The van der Waals surface area contributed by atoms with Crippen LogP contribution in [-0.2, 0) is 0 Å². The van der Waals surface area contributed by atoms with E-state index in [0.29, 0.717) is 22.9 Å². The first-order valence-corrected chi connectivity index (χ1v) is 10.1. The van der Waals surface area contributed by atoms with E-state index >= 15 is 0 Å². The second kappa shape index (κ2) is 7.77. The number of nitrogens with zero attached hydrogens (tertiary/aromatic N) is 5. The van der Waals surface area contributed by atoms with Gasteiger partial charge in [-0.1, -0.05) is 12.1 Å². The molecule has 8 nitrogen and oxygen atoms in total. The first-order chi connectivity index (χ1) is 15.1. The first-order valence-electron chi connectivity index (χ1n) is 9.36. The van der Waals surface area contributed by atoms with Crippen LogP contribution in [0.1, 0.15) is 0 Å². The van der Waals surface area contributed by atoms with Crippen molar-refractivity contribution in [1.29, 1.82) is 0 Å². The van der Waals surface area contributed by atoms with Gasteiger partial charge in [0.2, 0.25) is 5.95 Å². The minimum Gasteiger partial charge on any atom is -0.497 e. The maximum Gasteiger partial charge on any atom is 0.293 e. The van der Waals surface area contributed by atoms with E-state index in [-0.39, 0.29) is 5.69 Å². The molecule has 3 aromatic heterocycles. The molecule has 0 aliphatic rings. The molecule has 0 spiro atoms. The SMILES string of the molecule is COc1ccc(-c2nc3c4cccc(Br)c4nc(Nc4ccccnc4=O)n3n2)cc1. The largest absolute Gasteiger partial charge is 0.497 e. The van der Waals surface area contributed by atoms with Crippen molar-refractivity contribution in [2.24, 2.45) is 0 Å². The molecule has 3 heterocycles. The van der Waals surface area contributed by atoms with Crippen molar-refractivity contribution in [2.75, 3.05) is 12.4 Å². The molecule has 0 bridgehead atoms. The van der Waals surface area contributed by atoms with Crippen LogP contribution in [0.25, 0.3) is 27.9 Å². The predicted octanol–water partition coefficient (Wildman–Crippen LogP) is 4.21. The summed E-state index contributed by atoms with van der Waals surface area (Å²) in [4.78, 5) is 25.6. The Balaban J connectivity index is 1.75. The lowest BCUT2D eigenvalue weighted by Gasteiger charge is -2.08. The molecule has 0 aliphatic heterocycles. The molecule has 0 radical (unpaired) electrons. The monoisotopic (exact) mass is 474 g/mol. The van der Waals surface area contributed by atoms with Gasteiger partial charge in [0.15, 0.2) is 11.5 Å². The summed E-state index contributed by atoms with van der Waals surface area (Å²) in [6.07, 6.45) is 1.45. The van der Waals surface area contributed by atoms with Gasteiger partial charge in [0.1, 0.15) is 11.4 Å². The summed E-state index contributed by atoms with van der Waals surface area (Å²) < 4.78 is 7.64. The van der Waals surface area contributed by atoms with Crippen molar-refractivity contribution >= 4 is 44.1 Å².